The zero-order valence-corrected chi connectivity index (χ0v) is 20.7. The second-order valence-corrected chi connectivity index (χ2v) is 8.39. The normalized spacial score (nSPS) is 10.9. The van der Waals surface area contributed by atoms with Crippen molar-refractivity contribution in [1.82, 2.24) is 14.9 Å². The van der Waals surface area contributed by atoms with E-state index in [1.165, 1.54) is 6.33 Å². The summed E-state index contributed by atoms with van der Waals surface area (Å²) in [6.07, 6.45) is 3.25. The predicted molar refractivity (Wildman–Crippen MR) is 132 cm³/mol. The van der Waals surface area contributed by atoms with Crippen LogP contribution in [-0.2, 0) is 9.53 Å². The summed E-state index contributed by atoms with van der Waals surface area (Å²) in [6.45, 7) is 3.81. The molecule has 0 atom stereocenters. The lowest BCUT2D eigenvalue weighted by Gasteiger charge is -2.16. The van der Waals surface area contributed by atoms with Crippen LogP contribution in [0.25, 0.3) is 10.9 Å². The number of esters is 1. The second kappa shape index (κ2) is 12.4. The Kier molecular flexibility index (Phi) is 9.26. The molecule has 0 spiro atoms. The van der Waals surface area contributed by atoms with Crippen molar-refractivity contribution in [1.29, 1.82) is 0 Å². The lowest BCUT2D eigenvalue weighted by molar-refractivity contribution is -0.144. The zero-order valence-electron chi connectivity index (χ0n) is 19.1. The van der Waals surface area contributed by atoms with E-state index in [-0.39, 0.29) is 5.97 Å². The van der Waals surface area contributed by atoms with E-state index < -0.39 is 0 Å². The van der Waals surface area contributed by atoms with E-state index >= 15 is 0 Å². The van der Waals surface area contributed by atoms with Crippen molar-refractivity contribution in [3.8, 4) is 11.5 Å². The number of aromatic nitrogens is 2. The number of benzene rings is 2. The number of halogens is 1. The first-order chi connectivity index (χ1) is 16.0. The van der Waals surface area contributed by atoms with E-state index in [9.17, 15) is 4.79 Å². The molecule has 0 saturated heterocycles. The van der Waals surface area contributed by atoms with Gasteiger partial charge >= 0.3 is 5.97 Å². The molecule has 0 aliphatic carbocycles. The lowest BCUT2D eigenvalue weighted by Crippen LogP contribution is -2.28. The number of hydrogen-bond acceptors (Lipinski definition) is 8. The molecule has 33 heavy (non-hydrogen) atoms. The summed E-state index contributed by atoms with van der Waals surface area (Å²) < 4.78 is 17.5. The second-order valence-electron chi connectivity index (χ2n) is 7.48. The minimum absolute atomic E-state index is 0.202. The molecule has 0 radical (unpaired) electrons. The minimum atomic E-state index is -0.202. The average Bonchev–Trinajstić information content (AvgIpc) is 2.79. The number of methoxy groups -OCH3 is 1. The number of nitrogens with zero attached hydrogens (tertiary/aromatic N) is 3. The molecule has 3 aromatic rings. The standard InChI is InChI=1S/C24H29BrN4O4/c1-4-32-23(30)15-29(2)10-5-6-11-33-22-13-19-20(14-21(22)31-3)26-16-27-24(19)28-18-9-7-8-17(25)12-18/h7-9,12-14,16H,4-6,10-11,15H2,1-3H3,(H,26,27,28). The molecule has 1 heterocycles. The highest BCUT2D eigenvalue weighted by Gasteiger charge is 2.12. The molecule has 1 aromatic heterocycles. The van der Waals surface area contributed by atoms with Crippen LogP contribution in [0.2, 0.25) is 0 Å². The zero-order chi connectivity index (χ0) is 23.6. The average molecular weight is 517 g/mol. The molecule has 0 unspecified atom stereocenters. The van der Waals surface area contributed by atoms with Gasteiger partial charge in [0.25, 0.3) is 0 Å². The van der Waals surface area contributed by atoms with Gasteiger partial charge in [0.15, 0.2) is 11.5 Å². The molecule has 0 aliphatic rings. The summed E-state index contributed by atoms with van der Waals surface area (Å²) in [7, 11) is 3.52. The summed E-state index contributed by atoms with van der Waals surface area (Å²) >= 11 is 3.49. The van der Waals surface area contributed by atoms with Gasteiger partial charge in [-0.25, -0.2) is 9.97 Å². The van der Waals surface area contributed by atoms with Gasteiger partial charge in [-0.1, -0.05) is 22.0 Å². The molecule has 0 fully saturated rings. The van der Waals surface area contributed by atoms with Crippen LogP contribution in [0.3, 0.4) is 0 Å². The van der Waals surface area contributed by atoms with Gasteiger partial charge in [0.05, 0.1) is 32.4 Å². The van der Waals surface area contributed by atoms with Crippen molar-refractivity contribution in [2.45, 2.75) is 19.8 Å². The first kappa shape index (κ1) is 24.7. The highest BCUT2D eigenvalue weighted by atomic mass is 79.9. The van der Waals surface area contributed by atoms with Gasteiger partial charge in [-0.2, -0.15) is 0 Å². The summed E-state index contributed by atoms with van der Waals surface area (Å²) in [5.74, 6) is 1.74. The largest absolute Gasteiger partial charge is 0.493 e. The molecule has 2 aromatic carbocycles. The Bertz CT molecular complexity index is 1080. The fourth-order valence-electron chi connectivity index (χ4n) is 3.31. The number of carbonyl (C=O) groups is 1. The van der Waals surface area contributed by atoms with E-state index in [2.05, 4.69) is 31.2 Å². The van der Waals surface area contributed by atoms with E-state index in [1.807, 2.05) is 55.3 Å². The molecule has 0 saturated carbocycles. The van der Waals surface area contributed by atoms with Crippen LogP contribution in [0, 0.1) is 0 Å². The van der Waals surface area contributed by atoms with Crippen molar-refractivity contribution in [3.63, 3.8) is 0 Å². The van der Waals surface area contributed by atoms with Gasteiger partial charge in [-0.05, 0) is 57.6 Å². The predicted octanol–water partition coefficient (Wildman–Crippen LogP) is 4.80. The SMILES string of the molecule is CCOC(=O)CN(C)CCCCOc1cc2c(Nc3cccc(Br)c3)ncnc2cc1OC. The topological polar surface area (TPSA) is 85.8 Å². The van der Waals surface area contributed by atoms with Crippen LogP contribution in [0.1, 0.15) is 19.8 Å². The highest BCUT2D eigenvalue weighted by molar-refractivity contribution is 9.10. The van der Waals surface area contributed by atoms with Crippen molar-refractivity contribution in [2.24, 2.45) is 0 Å². The summed E-state index contributed by atoms with van der Waals surface area (Å²) in [4.78, 5) is 22.3. The third-order valence-corrected chi connectivity index (χ3v) is 5.40. The van der Waals surface area contributed by atoms with Crippen LogP contribution in [0.15, 0.2) is 47.2 Å². The fraction of sp³-hybridized carbons (Fsp3) is 0.375. The number of rotatable bonds is 12. The first-order valence-corrected chi connectivity index (χ1v) is 11.6. The van der Waals surface area contributed by atoms with Gasteiger partial charge in [0, 0.05) is 21.6 Å². The number of likely N-dealkylation sites (N-methyl/N-ethyl adjacent to an activating group) is 1. The van der Waals surface area contributed by atoms with Gasteiger partial charge in [0.1, 0.15) is 12.1 Å². The Morgan fingerprint density at radius 3 is 2.76 bits per heavy atom. The Morgan fingerprint density at radius 1 is 1.15 bits per heavy atom. The maximum Gasteiger partial charge on any atom is 0.320 e. The van der Waals surface area contributed by atoms with Crippen molar-refractivity contribution >= 4 is 44.3 Å². The van der Waals surface area contributed by atoms with Crippen LogP contribution in [0.5, 0.6) is 11.5 Å². The quantitative estimate of drug-likeness (QED) is 0.271. The number of hydrogen-bond donors (Lipinski definition) is 1. The molecule has 3 rings (SSSR count). The Balaban J connectivity index is 1.64. The smallest absolute Gasteiger partial charge is 0.320 e. The summed E-state index contributed by atoms with van der Waals surface area (Å²) in [6, 6.07) is 11.6. The Labute approximate surface area is 202 Å². The van der Waals surface area contributed by atoms with Crippen LogP contribution in [-0.4, -0.2) is 61.3 Å². The maximum atomic E-state index is 11.5. The molecule has 0 amide bonds. The van der Waals surface area contributed by atoms with Crippen LogP contribution >= 0.6 is 15.9 Å². The van der Waals surface area contributed by atoms with Crippen molar-refractivity contribution < 1.29 is 19.0 Å². The number of carbonyl (C=O) groups excluding carboxylic acids is 1. The maximum absolute atomic E-state index is 11.5. The third-order valence-electron chi connectivity index (χ3n) is 4.90. The van der Waals surface area contributed by atoms with Gasteiger partial charge in [-0.3, -0.25) is 9.69 Å². The minimum Gasteiger partial charge on any atom is -0.493 e. The fourth-order valence-corrected chi connectivity index (χ4v) is 3.71. The van der Waals surface area contributed by atoms with E-state index in [1.54, 1.807) is 7.11 Å². The van der Waals surface area contributed by atoms with Gasteiger partial charge < -0.3 is 19.5 Å². The van der Waals surface area contributed by atoms with Crippen molar-refractivity contribution in [2.75, 3.05) is 45.8 Å². The van der Waals surface area contributed by atoms with Gasteiger partial charge in [0.2, 0.25) is 0 Å². The van der Waals surface area contributed by atoms with Gasteiger partial charge in [-0.15, -0.1) is 0 Å². The molecular weight excluding hydrogens is 488 g/mol. The highest BCUT2D eigenvalue weighted by Crippen LogP contribution is 2.35. The molecule has 9 heteroatoms. The molecule has 8 nitrogen and oxygen atoms in total. The number of nitrogens with one attached hydrogen (secondary N) is 1. The monoisotopic (exact) mass is 516 g/mol. The molecule has 0 aliphatic heterocycles. The third kappa shape index (κ3) is 7.30. The molecular formula is C24H29BrN4O4. The molecule has 176 valence electrons. The molecule has 0 bridgehead atoms. The van der Waals surface area contributed by atoms with Crippen LogP contribution < -0.4 is 14.8 Å². The number of fused-ring (bicyclic) bond motifs is 1. The first-order valence-electron chi connectivity index (χ1n) is 10.8. The Hall–Kier alpha value is -2.91. The Morgan fingerprint density at radius 2 is 2.00 bits per heavy atom. The lowest BCUT2D eigenvalue weighted by atomic mass is 10.2. The van der Waals surface area contributed by atoms with Crippen molar-refractivity contribution in [3.05, 3.63) is 47.2 Å². The number of ether oxygens (including phenoxy) is 3. The van der Waals surface area contributed by atoms with Crippen LogP contribution in [0.4, 0.5) is 11.5 Å². The number of unbranched alkanes of at least 4 members (excludes halogenated alkanes) is 1. The van der Waals surface area contributed by atoms with E-state index in [4.69, 9.17) is 14.2 Å². The molecule has 1 N–H and O–H groups in total. The number of anilines is 2. The summed E-state index contributed by atoms with van der Waals surface area (Å²) in [5.41, 5.74) is 1.67. The summed E-state index contributed by atoms with van der Waals surface area (Å²) in [5, 5.41) is 4.18. The van der Waals surface area contributed by atoms with E-state index in [0.717, 1.165) is 40.4 Å². The van der Waals surface area contributed by atoms with E-state index in [0.29, 0.717) is 37.1 Å².